The molecule has 1 fully saturated rings. The average molecular weight is 532 g/mol. The first-order chi connectivity index (χ1) is 15.9. The molecule has 3 unspecified atom stereocenters. The highest BCUT2D eigenvalue weighted by Gasteiger charge is 2.69. The monoisotopic (exact) mass is 530 g/mol. The van der Waals surface area contributed by atoms with Crippen LogP contribution in [0.15, 0.2) is 65.1 Å². The molecule has 1 saturated carbocycles. The number of carbonyl (C=O) groups is 1. The van der Waals surface area contributed by atoms with Crippen LogP contribution >= 0.6 is 27.5 Å². The van der Waals surface area contributed by atoms with Gasteiger partial charge in [-0.2, -0.15) is 0 Å². The van der Waals surface area contributed by atoms with Crippen molar-refractivity contribution in [1.82, 2.24) is 10.3 Å². The van der Waals surface area contributed by atoms with Gasteiger partial charge in [0.15, 0.2) is 5.60 Å². The molecule has 0 spiro atoms. The van der Waals surface area contributed by atoms with E-state index < -0.39 is 11.2 Å². The van der Waals surface area contributed by atoms with E-state index >= 15 is 0 Å². The number of nitrogens with zero attached hydrogens (tertiary/aromatic N) is 1. The van der Waals surface area contributed by atoms with Gasteiger partial charge in [-0.3, -0.25) is 4.79 Å². The normalized spacial score (nSPS) is 24.6. The second-order valence-electron chi connectivity index (χ2n) is 7.94. The van der Waals surface area contributed by atoms with E-state index in [4.69, 9.17) is 25.9 Å². The Hall–Kier alpha value is -2.61. The van der Waals surface area contributed by atoms with Crippen molar-refractivity contribution in [2.45, 2.75) is 30.0 Å². The number of hydrogen-bond acceptors (Lipinski definition) is 5. The number of fused-ring (bicyclic) bond motifs is 3. The number of nitrogens with one attached hydrogen (secondary N) is 1. The van der Waals surface area contributed by atoms with E-state index in [0.29, 0.717) is 30.0 Å². The summed E-state index contributed by atoms with van der Waals surface area (Å²) >= 11 is 9.72. The van der Waals surface area contributed by atoms with Crippen molar-refractivity contribution < 1.29 is 19.4 Å². The Kier molecular flexibility index (Phi) is 6.66. The van der Waals surface area contributed by atoms with E-state index in [0.717, 1.165) is 22.0 Å². The summed E-state index contributed by atoms with van der Waals surface area (Å²) in [7, 11) is 3.10. The lowest BCUT2D eigenvalue weighted by molar-refractivity contribution is -0.109. The van der Waals surface area contributed by atoms with Gasteiger partial charge in [-0.15, -0.1) is 0 Å². The number of aromatic nitrogens is 1. The van der Waals surface area contributed by atoms with Crippen LogP contribution in [0.5, 0.6) is 11.6 Å². The number of carbonyl (C=O) groups excluding carboxylic acids is 1. The Bertz CT molecular complexity index is 1150. The first-order valence-corrected chi connectivity index (χ1v) is 11.7. The summed E-state index contributed by atoms with van der Waals surface area (Å²) in [6.45, 7) is 0. The van der Waals surface area contributed by atoms with Gasteiger partial charge >= 0.3 is 0 Å². The Morgan fingerprint density at radius 1 is 1.24 bits per heavy atom. The Morgan fingerprint density at radius 2 is 1.91 bits per heavy atom. The van der Waals surface area contributed by atoms with Crippen molar-refractivity contribution in [2.24, 2.45) is 0 Å². The topological polar surface area (TPSA) is 80.7 Å². The van der Waals surface area contributed by atoms with Gasteiger partial charge in [0.05, 0.1) is 12.7 Å². The van der Waals surface area contributed by atoms with Crippen molar-refractivity contribution in [3.63, 3.8) is 0 Å². The smallest absolute Gasteiger partial charge is 0.224 e. The van der Waals surface area contributed by atoms with Crippen LogP contribution in [0.1, 0.15) is 35.4 Å². The summed E-state index contributed by atoms with van der Waals surface area (Å²) in [5.74, 6) is 0.779. The van der Waals surface area contributed by atoms with Crippen molar-refractivity contribution in [3.8, 4) is 11.6 Å². The van der Waals surface area contributed by atoms with E-state index in [-0.39, 0.29) is 11.1 Å². The molecule has 3 aromatic rings. The van der Waals surface area contributed by atoms with Crippen molar-refractivity contribution in [1.29, 1.82) is 0 Å². The second-order valence-corrected chi connectivity index (χ2v) is 9.24. The fourth-order valence-electron chi connectivity index (χ4n) is 5.03. The lowest BCUT2D eigenvalue weighted by Gasteiger charge is -2.40. The molecule has 172 valence electrons. The van der Waals surface area contributed by atoms with Crippen LogP contribution < -0.4 is 14.8 Å². The third-order valence-electron chi connectivity index (χ3n) is 6.29. The van der Waals surface area contributed by atoms with Gasteiger partial charge < -0.3 is 19.9 Å². The number of halogens is 2. The SMILES string of the molecule is CNC=O.COc1nc(Cl)cc2c1C1(O)CCC(c3ccccc3)C1(c1ccc(Br)cc1)O2. The van der Waals surface area contributed by atoms with Gasteiger partial charge in [-0.1, -0.05) is 70.0 Å². The van der Waals surface area contributed by atoms with Crippen molar-refractivity contribution in [2.75, 3.05) is 14.2 Å². The van der Waals surface area contributed by atoms with Crippen LogP contribution in [-0.2, 0) is 16.0 Å². The highest BCUT2D eigenvalue weighted by atomic mass is 79.9. The minimum absolute atomic E-state index is 0.0502. The summed E-state index contributed by atoms with van der Waals surface area (Å²) in [6, 6.07) is 19.8. The predicted molar refractivity (Wildman–Crippen MR) is 130 cm³/mol. The molecular weight excluding hydrogens is 508 g/mol. The van der Waals surface area contributed by atoms with E-state index in [1.54, 1.807) is 13.1 Å². The molecule has 33 heavy (non-hydrogen) atoms. The molecule has 0 saturated heterocycles. The molecule has 0 radical (unpaired) electrons. The van der Waals surface area contributed by atoms with E-state index in [2.05, 4.69) is 38.4 Å². The molecule has 3 atom stereocenters. The molecule has 8 heteroatoms. The number of pyridine rings is 1. The van der Waals surface area contributed by atoms with Crippen LogP contribution in [0.25, 0.3) is 0 Å². The summed E-state index contributed by atoms with van der Waals surface area (Å²) in [5.41, 5.74) is 0.309. The standard InChI is InChI=1S/C23H19BrClNO3.C2H5NO/c1-28-21-20-18(13-19(25)26-21)29-23(15-7-9-16(24)10-8-15)17(11-12-22(20,23)27)14-5-3-2-4-6-14;1-3-2-4/h2-10,13,17,27H,11-12H2,1H3;2H,1H3,(H,3,4). The molecule has 5 rings (SSSR count). The fraction of sp³-hybridized carbons (Fsp3) is 0.280. The number of methoxy groups -OCH3 is 1. The zero-order valence-corrected chi connectivity index (χ0v) is 20.6. The van der Waals surface area contributed by atoms with Crippen molar-refractivity contribution in [3.05, 3.63) is 87.0 Å². The van der Waals surface area contributed by atoms with Crippen LogP contribution in [-0.4, -0.2) is 30.7 Å². The van der Waals surface area contributed by atoms with Gasteiger partial charge in [0.25, 0.3) is 0 Å². The van der Waals surface area contributed by atoms with Gasteiger partial charge in [0.1, 0.15) is 16.5 Å². The van der Waals surface area contributed by atoms with E-state index in [1.807, 2.05) is 42.5 Å². The fourth-order valence-corrected chi connectivity index (χ4v) is 5.47. The van der Waals surface area contributed by atoms with Gasteiger partial charge in [-0.25, -0.2) is 4.98 Å². The number of amides is 1. The molecular formula is C25H24BrClN2O4. The largest absolute Gasteiger partial charge is 0.481 e. The van der Waals surface area contributed by atoms with Crippen LogP contribution in [0.3, 0.4) is 0 Å². The molecule has 6 nitrogen and oxygen atoms in total. The maximum atomic E-state index is 12.2. The molecule has 2 N–H and O–H groups in total. The van der Waals surface area contributed by atoms with Gasteiger partial charge in [-0.05, 0) is 36.1 Å². The average Bonchev–Trinajstić information content (AvgIpc) is 3.26. The Labute approximate surface area is 206 Å². The van der Waals surface area contributed by atoms with Crippen LogP contribution in [0, 0.1) is 0 Å². The minimum Gasteiger partial charge on any atom is -0.481 e. The number of hydrogen-bond donors (Lipinski definition) is 2. The maximum absolute atomic E-state index is 12.2. The minimum atomic E-state index is -1.29. The molecule has 0 bridgehead atoms. The Balaban J connectivity index is 0.000000601. The van der Waals surface area contributed by atoms with E-state index in [1.165, 1.54) is 7.11 Å². The second kappa shape index (κ2) is 9.33. The number of ether oxygens (including phenoxy) is 2. The number of aliphatic hydroxyl groups is 1. The number of rotatable bonds is 4. The Morgan fingerprint density at radius 3 is 2.52 bits per heavy atom. The summed E-state index contributed by atoms with van der Waals surface area (Å²) < 4.78 is 13.1. The summed E-state index contributed by atoms with van der Waals surface area (Å²) in [6.07, 6.45) is 1.91. The quantitative estimate of drug-likeness (QED) is 0.369. The molecule has 2 heterocycles. The third kappa shape index (κ3) is 3.78. The molecule has 1 amide bonds. The molecule has 1 aliphatic carbocycles. The zero-order valence-electron chi connectivity index (χ0n) is 18.2. The first-order valence-electron chi connectivity index (χ1n) is 10.5. The van der Waals surface area contributed by atoms with Crippen LogP contribution in [0.2, 0.25) is 5.15 Å². The predicted octanol–water partition coefficient (Wildman–Crippen LogP) is 4.92. The maximum Gasteiger partial charge on any atom is 0.224 e. The molecule has 2 aromatic carbocycles. The summed E-state index contributed by atoms with van der Waals surface area (Å²) in [5, 5.41) is 14.7. The first kappa shape index (κ1) is 23.5. The number of benzene rings is 2. The van der Waals surface area contributed by atoms with Gasteiger partial charge in [0.2, 0.25) is 12.3 Å². The highest BCUT2D eigenvalue weighted by Crippen LogP contribution is 2.68. The molecule has 2 aliphatic rings. The van der Waals surface area contributed by atoms with Gasteiger partial charge in [0, 0.05) is 23.5 Å². The third-order valence-corrected chi connectivity index (χ3v) is 7.01. The lowest BCUT2D eigenvalue weighted by Crippen LogP contribution is -2.48. The van der Waals surface area contributed by atoms with E-state index in [9.17, 15) is 5.11 Å². The molecule has 1 aliphatic heterocycles. The van der Waals surface area contributed by atoms with Crippen LogP contribution in [0.4, 0.5) is 0 Å². The molecule has 1 aromatic heterocycles. The highest BCUT2D eigenvalue weighted by molar-refractivity contribution is 9.10. The zero-order chi connectivity index (χ0) is 23.6. The van der Waals surface area contributed by atoms with Crippen molar-refractivity contribution >= 4 is 33.9 Å². The lowest BCUT2D eigenvalue weighted by atomic mass is 9.72. The summed E-state index contributed by atoms with van der Waals surface area (Å²) in [4.78, 5) is 13.4.